The number of nitrogens with zero attached hydrogens (tertiary/aromatic N) is 4. The molecule has 0 bridgehead atoms. The van der Waals surface area contributed by atoms with Crippen molar-refractivity contribution >= 4 is 55.6 Å². The van der Waals surface area contributed by atoms with Gasteiger partial charge in [0.25, 0.3) is 0 Å². The zero-order chi connectivity index (χ0) is 20.7. The molecule has 0 atom stereocenters. The number of hydrogen-bond donors (Lipinski definition) is 2. The smallest absolute Gasteiger partial charge is 0.319 e. The minimum absolute atomic E-state index is 0.0491. The number of rotatable bonds is 3. The largest absolute Gasteiger partial charge is 0.355 e. The van der Waals surface area contributed by atoms with Crippen LogP contribution in [0.25, 0.3) is 26.8 Å². The molecule has 2 amide bonds. The van der Waals surface area contributed by atoms with Crippen molar-refractivity contribution in [1.82, 2.24) is 24.8 Å². The summed E-state index contributed by atoms with van der Waals surface area (Å²) in [6.07, 6.45) is 4.75. The monoisotopic (exact) mass is 418 g/mol. The van der Waals surface area contributed by atoms with Gasteiger partial charge in [0.15, 0.2) is 0 Å². The highest BCUT2D eigenvalue weighted by atomic mass is 32.1. The van der Waals surface area contributed by atoms with E-state index < -0.39 is 0 Å². The summed E-state index contributed by atoms with van der Waals surface area (Å²) in [4.78, 5) is 27.9. The summed E-state index contributed by atoms with van der Waals surface area (Å²) in [6.45, 7) is 1.33. The number of anilines is 2. The van der Waals surface area contributed by atoms with E-state index in [1.807, 2.05) is 34.8 Å². The summed E-state index contributed by atoms with van der Waals surface area (Å²) in [5.41, 5.74) is 8.03. The Balaban J connectivity index is 1.42. The zero-order valence-corrected chi connectivity index (χ0v) is 17.7. The Bertz CT molecular complexity index is 1270. The number of thiazole rings is 1. The van der Waals surface area contributed by atoms with Gasteiger partial charge in [-0.15, -0.1) is 11.3 Å². The van der Waals surface area contributed by atoms with E-state index in [1.165, 1.54) is 5.57 Å². The number of urea groups is 1. The molecule has 7 nitrogen and oxygen atoms in total. The van der Waals surface area contributed by atoms with Gasteiger partial charge in [0.05, 0.1) is 21.4 Å². The van der Waals surface area contributed by atoms with E-state index in [0.717, 1.165) is 44.7 Å². The van der Waals surface area contributed by atoms with Crippen LogP contribution in [0.2, 0.25) is 0 Å². The molecule has 0 saturated heterocycles. The van der Waals surface area contributed by atoms with Gasteiger partial charge >= 0.3 is 6.03 Å². The molecular formula is C22H22N6OS. The number of pyridine rings is 1. The molecule has 0 unspecified atom stereocenters. The molecule has 4 aromatic rings. The van der Waals surface area contributed by atoms with Gasteiger partial charge in [-0.05, 0) is 42.3 Å². The lowest BCUT2D eigenvalue weighted by Crippen LogP contribution is -2.41. The first kappa shape index (κ1) is 18.6. The first-order valence-electron chi connectivity index (χ1n) is 9.82. The highest BCUT2D eigenvalue weighted by Gasteiger charge is 2.20. The molecule has 5 rings (SSSR count). The van der Waals surface area contributed by atoms with Gasteiger partial charge in [-0.3, -0.25) is 0 Å². The summed E-state index contributed by atoms with van der Waals surface area (Å²) < 4.78 is 1.16. The molecule has 3 aromatic heterocycles. The summed E-state index contributed by atoms with van der Waals surface area (Å²) in [5.74, 6) is 0. The van der Waals surface area contributed by atoms with Crippen molar-refractivity contribution in [3.8, 4) is 0 Å². The van der Waals surface area contributed by atoms with Crippen LogP contribution in [0.15, 0.2) is 48.1 Å². The molecule has 0 radical (unpaired) electrons. The Labute approximate surface area is 178 Å². The molecule has 8 heteroatoms. The standard InChI is InChI=1S/C22H22N6OS/c1-27(2)22(29)28-9-6-14(7-10-28)19-12-16-17(5-8-23-21(16)26-19)25-15-3-4-18-20(11-15)30-13-24-18/h3-6,8,11-13H,7,9-10H2,1-2H3,(H2,23,25,26). The quantitative estimate of drug-likeness (QED) is 0.506. The van der Waals surface area contributed by atoms with Crippen LogP contribution in [0.1, 0.15) is 12.1 Å². The molecule has 0 saturated carbocycles. The summed E-state index contributed by atoms with van der Waals surface area (Å²) in [6, 6.07) is 10.4. The molecule has 0 spiro atoms. The molecular weight excluding hydrogens is 396 g/mol. The van der Waals surface area contributed by atoms with Crippen molar-refractivity contribution in [2.24, 2.45) is 0 Å². The number of carbonyl (C=O) groups is 1. The molecule has 1 aromatic carbocycles. The summed E-state index contributed by atoms with van der Waals surface area (Å²) >= 11 is 1.63. The highest BCUT2D eigenvalue weighted by Crippen LogP contribution is 2.31. The Kier molecular flexibility index (Phi) is 4.63. The fraction of sp³-hybridized carbons (Fsp3) is 0.227. The fourth-order valence-corrected chi connectivity index (χ4v) is 4.48. The zero-order valence-electron chi connectivity index (χ0n) is 16.8. The molecule has 152 valence electrons. The summed E-state index contributed by atoms with van der Waals surface area (Å²) in [7, 11) is 3.57. The average Bonchev–Trinajstić information content (AvgIpc) is 3.40. The third-order valence-electron chi connectivity index (χ3n) is 5.35. The minimum Gasteiger partial charge on any atom is -0.355 e. The number of H-pyrrole nitrogens is 1. The SMILES string of the molecule is CN(C)C(=O)N1CC=C(c2cc3c(Nc4ccc5ncsc5c4)ccnc3[nH]2)CC1. The number of aromatic amines is 1. The Morgan fingerprint density at radius 1 is 1.23 bits per heavy atom. The second-order valence-corrected chi connectivity index (χ2v) is 8.45. The number of amides is 2. The van der Waals surface area contributed by atoms with Gasteiger partial charge < -0.3 is 20.1 Å². The van der Waals surface area contributed by atoms with Crippen molar-refractivity contribution < 1.29 is 4.79 Å². The molecule has 0 aliphatic carbocycles. The lowest BCUT2D eigenvalue weighted by Gasteiger charge is -2.28. The van der Waals surface area contributed by atoms with E-state index in [0.29, 0.717) is 13.1 Å². The Morgan fingerprint density at radius 2 is 2.13 bits per heavy atom. The molecule has 30 heavy (non-hydrogen) atoms. The third-order valence-corrected chi connectivity index (χ3v) is 6.14. The number of carbonyl (C=O) groups excluding carboxylic acids is 1. The van der Waals surface area contributed by atoms with Crippen LogP contribution in [-0.4, -0.2) is 58.0 Å². The van der Waals surface area contributed by atoms with Gasteiger partial charge in [-0.25, -0.2) is 14.8 Å². The predicted molar refractivity (Wildman–Crippen MR) is 122 cm³/mol. The van der Waals surface area contributed by atoms with Crippen LogP contribution >= 0.6 is 11.3 Å². The van der Waals surface area contributed by atoms with Crippen molar-refractivity contribution in [3.05, 3.63) is 53.8 Å². The van der Waals surface area contributed by atoms with Gasteiger partial charge in [0.1, 0.15) is 5.65 Å². The minimum atomic E-state index is 0.0491. The van der Waals surface area contributed by atoms with E-state index in [4.69, 9.17) is 0 Å². The van der Waals surface area contributed by atoms with Crippen LogP contribution < -0.4 is 5.32 Å². The van der Waals surface area contributed by atoms with Crippen LogP contribution in [0, 0.1) is 0 Å². The van der Waals surface area contributed by atoms with Crippen molar-refractivity contribution in [1.29, 1.82) is 0 Å². The maximum absolute atomic E-state index is 12.2. The number of fused-ring (bicyclic) bond motifs is 2. The van der Waals surface area contributed by atoms with E-state index >= 15 is 0 Å². The van der Waals surface area contributed by atoms with Gasteiger partial charge in [-0.1, -0.05) is 6.08 Å². The van der Waals surface area contributed by atoms with Crippen LogP contribution in [0.5, 0.6) is 0 Å². The van der Waals surface area contributed by atoms with E-state index in [9.17, 15) is 4.79 Å². The second-order valence-electron chi connectivity index (χ2n) is 7.57. The first-order valence-corrected chi connectivity index (χ1v) is 10.7. The maximum atomic E-state index is 12.2. The van der Waals surface area contributed by atoms with Crippen molar-refractivity contribution in [3.63, 3.8) is 0 Å². The number of nitrogens with one attached hydrogen (secondary N) is 2. The van der Waals surface area contributed by atoms with E-state index in [-0.39, 0.29) is 6.03 Å². The normalized spacial score (nSPS) is 14.2. The topological polar surface area (TPSA) is 77.2 Å². The second kappa shape index (κ2) is 7.46. The number of hydrogen-bond acceptors (Lipinski definition) is 5. The fourth-order valence-electron chi connectivity index (χ4n) is 3.77. The van der Waals surface area contributed by atoms with Gasteiger partial charge in [-0.2, -0.15) is 0 Å². The lowest BCUT2D eigenvalue weighted by molar-refractivity contribution is 0.176. The number of aromatic nitrogens is 3. The number of benzene rings is 1. The van der Waals surface area contributed by atoms with Gasteiger partial charge in [0, 0.05) is 50.1 Å². The van der Waals surface area contributed by atoms with Crippen LogP contribution in [0.4, 0.5) is 16.2 Å². The summed E-state index contributed by atoms with van der Waals surface area (Å²) in [5, 5.41) is 4.57. The maximum Gasteiger partial charge on any atom is 0.319 e. The Hall–Kier alpha value is -3.39. The third kappa shape index (κ3) is 3.39. The van der Waals surface area contributed by atoms with Gasteiger partial charge in [0.2, 0.25) is 0 Å². The van der Waals surface area contributed by atoms with Crippen molar-refractivity contribution in [2.45, 2.75) is 6.42 Å². The average molecular weight is 419 g/mol. The first-order chi connectivity index (χ1) is 14.6. The molecule has 1 aliphatic heterocycles. The predicted octanol–water partition coefficient (Wildman–Crippen LogP) is 4.69. The van der Waals surface area contributed by atoms with E-state index in [2.05, 4.69) is 38.5 Å². The van der Waals surface area contributed by atoms with Crippen LogP contribution in [0.3, 0.4) is 0 Å². The molecule has 1 aliphatic rings. The Morgan fingerprint density at radius 3 is 2.93 bits per heavy atom. The highest BCUT2D eigenvalue weighted by molar-refractivity contribution is 7.16. The lowest BCUT2D eigenvalue weighted by atomic mass is 10.0. The molecule has 4 heterocycles. The molecule has 2 N–H and O–H groups in total. The van der Waals surface area contributed by atoms with E-state index in [1.54, 1.807) is 30.3 Å². The molecule has 0 fully saturated rings. The van der Waals surface area contributed by atoms with Crippen LogP contribution in [-0.2, 0) is 0 Å². The van der Waals surface area contributed by atoms with Crippen molar-refractivity contribution in [2.75, 3.05) is 32.5 Å².